The van der Waals surface area contributed by atoms with E-state index in [1.54, 1.807) is 0 Å². The molecule has 0 atom stereocenters. The maximum absolute atomic E-state index is 5.09. The van der Waals surface area contributed by atoms with Crippen LogP contribution in [0.25, 0.3) is 78.0 Å². The lowest BCUT2D eigenvalue weighted by atomic mass is 9.82. The van der Waals surface area contributed by atoms with Crippen molar-refractivity contribution in [1.82, 2.24) is 15.0 Å². The van der Waals surface area contributed by atoms with Gasteiger partial charge in [0.05, 0.1) is 0 Å². The molecule has 0 amide bonds. The summed E-state index contributed by atoms with van der Waals surface area (Å²) in [6.45, 7) is 4.67. The first-order chi connectivity index (χ1) is 23.0. The van der Waals surface area contributed by atoms with Gasteiger partial charge in [-0.15, -0.1) is 0 Å². The van der Waals surface area contributed by atoms with Crippen LogP contribution >= 0.6 is 0 Å². The molecule has 1 aromatic heterocycles. The van der Waals surface area contributed by atoms with E-state index in [1.165, 1.54) is 33.0 Å². The zero-order valence-electron chi connectivity index (χ0n) is 26.3. The summed E-state index contributed by atoms with van der Waals surface area (Å²) in [5.41, 5.74) is 10.6. The van der Waals surface area contributed by atoms with Gasteiger partial charge in [0.1, 0.15) is 0 Å². The Morgan fingerprint density at radius 1 is 0.362 bits per heavy atom. The summed E-state index contributed by atoms with van der Waals surface area (Å²) in [5, 5.41) is 4.75. The second-order valence-electron chi connectivity index (χ2n) is 12.9. The van der Waals surface area contributed by atoms with Crippen molar-refractivity contribution >= 4 is 21.5 Å². The van der Waals surface area contributed by atoms with Crippen molar-refractivity contribution in [1.29, 1.82) is 0 Å². The number of nitrogens with zero attached hydrogens (tertiary/aromatic N) is 3. The van der Waals surface area contributed by atoms with E-state index in [0.717, 1.165) is 38.6 Å². The Morgan fingerprint density at radius 3 is 1.72 bits per heavy atom. The third-order valence-corrected chi connectivity index (χ3v) is 9.68. The molecule has 1 heterocycles. The van der Waals surface area contributed by atoms with Gasteiger partial charge in [-0.2, -0.15) is 0 Å². The van der Waals surface area contributed by atoms with Crippen LogP contribution in [0, 0.1) is 0 Å². The van der Waals surface area contributed by atoms with E-state index in [9.17, 15) is 0 Å². The smallest absolute Gasteiger partial charge is 0.164 e. The number of rotatable bonds is 4. The quantitative estimate of drug-likeness (QED) is 0.201. The SMILES string of the molecule is CC1(C)c2ccccc2-c2cc3cc(-c4cc(-c5nc(-c6ccccc6)nc(-c6ccccc6)n5)c5ccccc5c4)ccc3cc21. The standard InChI is InChI=1S/C44H31N3/c1-44(2)39-20-12-11-19-36(39)37-25-33-23-30(21-22-31(33)27-40(37)44)34-24-32-17-9-10-18-35(32)38(26-34)43-46-41(28-13-5-3-6-14-28)45-42(47-43)29-15-7-4-8-16-29/h3-27H,1-2H3. The van der Waals surface area contributed by atoms with Gasteiger partial charge in [-0.3, -0.25) is 0 Å². The third kappa shape index (κ3) is 4.54. The number of aromatic nitrogens is 3. The van der Waals surface area contributed by atoms with Gasteiger partial charge < -0.3 is 0 Å². The van der Waals surface area contributed by atoms with Crippen LogP contribution in [0.3, 0.4) is 0 Å². The zero-order chi connectivity index (χ0) is 31.5. The van der Waals surface area contributed by atoms with Gasteiger partial charge in [0.25, 0.3) is 0 Å². The lowest BCUT2D eigenvalue weighted by Crippen LogP contribution is -2.14. The van der Waals surface area contributed by atoms with Crippen LogP contribution in [0.5, 0.6) is 0 Å². The van der Waals surface area contributed by atoms with Gasteiger partial charge in [0, 0.05) is 22.1 Å². The Labute approximate surface area is 274 Å². The summed E-state index contributed by atoms with van der Waals surface area (Å²) in [6.07, 6.45) is 0. The van der Waals surface area contributed by atoms with Gasteiger partial charge in [-0.25, -0.2) is 15.0 Å². The average molecular weight is 602 g/mol. The van der Waals surface area contributed by atoms with E-state index in [0.29, 0.717) is 17.5 Å². The molecule has 7 aromatic carbocycles. The Kier molecular flexibility index (Phi) is 6.16. The van der Waals surface area contributed by atoms with Crippen molar-refractivity contribution in [2.24, 2.45) is 0 Å². The van der Waals surface area contributed by atoms with Crippen molar-refractivity contribution in [2.45, 2.75) is 19.3 Å². The monoisotopic (exact) mass is 601 g/mol. The molecular formula is C44H31N3. The first-order valence-electron chi connectivity index (χ1n) is 16.1. The van der Waals surface area contributed by atoms with Gasteiger partial charge in [0.2, 0.25) is 0 Å². The molecule has 0 bridgehead atoms. The molecule has 0 saturated heterocycles. The van der Waals surface area contributed by atoms with Crippen LogP contribution in [0.4, 0.5) is 0 Å². The van der Waals surface area contributed by atoms with E-state index < -0.39 is 0 Å². The first-order valence-corrected chi connectivity index (χ1v) is 16.1. The summed E-state index contributed by atoms with van der Waals surface area (Å²) in [4.78, 5) is 15.1. The molecule has 0 N–H and O–H groups in total. The molecule has 0 aliphatic heterocycles. The second kappa shape index (κ2) is 10.6. The van der Waals surface area contributed by atoms with Gasteiger partial charge in [0.15, 0.2) is 17.5 Å². The summed E-state index contributed by atoms with van der Waals surface area (Å²) in [5.74, 6) is 1.98. The lowest BCUT2D eigenvalue weighted by molar-refractivity contribution is 0.661. The Balaban J connectivity index is 1.24. The van der Waals surface area contributed by atoms with E-state index in [-0.39, 0.29) is 5.41 Å². The molecule has 3 nitrogen and oxygen atoms in total. The largest absolute Gasteiger partial charge is 0.208 e. The molecule has 9 rings (SSSR count). The zero-order valence-corrected chi connectivity index (χ0v) is 26.3. The topological polar surface area (TPSA) is 38.7 Å². The molecule has 0 saturated carbocycles. The Morgan fingerprint density at radius 2 is 0.979 bits per heavy atom. The second-order valence-corrected chi connectivity index (χ2v) is 12.9. The molecule has 0 fully saturated rings. The van der Waals surface area contributed by atoms with E-state index in [1.807, 2.05) is 60.7 Å². The van der Waals surface area contributed by atoms with Gasteiger partial charge in [-0.05, 0) is 85.3 Å². The third-order valence-electron chi connectivity index (χ3n) is 9.68. The molecule has 0 unspecified atom stereocenters. The Hall–Kier alpha value is -5.93. The van der Waals surface area contributed by atoms with E-state index >= 15 is 0 Å². The molecule has 47 heavy (non-hydrogen) atoms. The fourth-order valence-corrected chi connectivity index (χ4v) is 7.22. The normalized spacial score (nSPS) is 13.1. The summed E-state index contributed by atoms with van der Waals surface area (Å²) in [7, 11) is 0. The van der Waals surface area contributed by atoms with Crippen LogP contribution in [-0.4, -0.2) is 15.0 Å². The van der Waals surface area contributed by atoms with Crippen molar-refractivity contribution in [3.05, 3.63) is 163 Å². The molecule has 1 aliphatic carbocycles. The molecule has 222 valence electrons. The van der Waals surface area contributed by atoms with Crippen LogP contribution in [0.2, 0.25) is 0 Å². The van der Waals surface area contributed by atoms with Crippen molar-refractivity contribution < 1.29 is 0 Å². The maximum Gasteiger partial charge on any atom is 0.164 e. The van der Waals surface area contributed by atoms with Gasteiger partial charge >= 0.3 is 0 Å². The highest BCUT2D eigenvalue weighted by Crippen LogP contribution is 2.50. The highest BCUT2D eigenvalue weighted by atomic mass is 15.0. The van der Waals surface area contributed by atoms with Crippen molar-refractivity contribution in [3.8, 4) is 56.4 Å². The van der Waals surface area contributed by atoms with E-state index in [2.05, 4.69) is 105 Å². The minimum atomic E-state index is -0.0201. The number of fused-ring (bicyclic) bond motifs is 5. The predicted octanol–water partition coefficient (Wildman–Crippen LogP) is 11.2. The fraction of sp³-hybridized carbons (Fsp3) is 0.0682. The van der Waals surface area contributed by atoms with E-state index in [4.69, 9.17) is 15.0 Å². The van der Waals surface area contributed by atoms with Crippen LogP contribution in [-0.2, 0) is 5.41 Å². The Bertz CT molecular complexity index is 2420. The maximum atomic E-state index is 5.09. The lowest BCUT2D eigenvalue weighted by Gasteiger charge is -2.21. The average Bonchev–Trinajstić information content (AvgIpc) is 3.35. The predicted molar refractivity (Wildman–Crippen MR) is 194 cm³/mol. The highest BCUT2D eigenvalue weighted by molar-refractivity contribution is 6.01. The molecule has 0 radical (unpaired) electrons. The van der Waals surface area contributed by atoms with Crippen LogP contribution in [0.1, 0.15) is 25.0 Å². The molecular weight excluding hydrogens is 571 g/mol. The minimum absolute atomic E-state index is 0.0201. The number of hydrogen-bond acceptors (Lipinski definition) is 3. The van der Waals surface area contributed by atoms with Crippen molar-refractivity contribution in [2.75, 3.05) is 0 Å². The summed E-state index contributed by atoms with van der Waals surface area (Å²) < 4.78 is 0. The summed E-state index contributed by atoms with van der Waals surface area (Å²) in [6, 6.07) is 53.8. The molecule has 3 heteroatoms. The first kappa shape index (κ1) is 27.4. The van der Waals surface area contributed by atoms with Gasteiger partial charge in [-0.1, -0.05) is 135 Å². The van der Waals surface area contributed by atoms with Crippen LogP contribution in [0.15, 0.2) is 152 Å². The number of benzene rings is 7. The number of hydrogen-bond donors (Lipinski definition) is 0. The minimum Gasteiger partial charge on any atom is -0.208 e. The fourth-order valence-electron chi connectivity index (χ4n) is 7.22. The molecule has 8 aromatic rings. The van der Waals surface area contributed by atoms with Crippen LogP contribution < -0.4 is 0 Å². The molecule has 0 spiro atoms. The highest BCUT2D eigenvalue weighted by Gasteiger charge is 2.35. The summed E-state index contributed by atoms with van der Waals surface area (Å²) >= 11 is 0. The van der Waals surface area contributed by atoms with Crippen molar-refractivity contribution in [3.63, 3.8) is 0 Å². The molecule has 1 aliphatic rings.